The van der Waals surface area contributed by atoms with Gasteiger partial charge in [-0.1, -0.05) is 44.2 Å². The average molecular weight is 499 g/mol. The molecular formula is C24H30N6O4S. The van der Waals surface area contributed by atoms with Gasteiger partial charge in [0, 0.05) is 19.1 Å². The Kier molecular flexibility index (Phi) is 7.44. The number of carbonyl (C=O) groups is 1. The van der Waals surface area contributed by atoms with Crippen molar-refractivity contribution < 1.29 is 4.79 Å². The molecule has 2 aromatic heterocycles. The average Bonchev–Trinajstić information content (AvgIpc) is 3.67. The lowest BCUT2D eigenvalue weighted by Crippen LogP contribution is -2.42. The molecule has 0 saturated heterocycles. The number of fused-ring (bicyclic) bond motifs is 1. The Morgan fingerprint density at radius 2 is 1.94 bits per heavy atom. The van der Waals surface area contributed by atoms with E-state index in [1.807, 2.05) is 26.0 Å². The van der Waals surface area contributed by atoms with E-state index in [4.69, 9.17) is 5.73 Å². The number of carbonyl (C=O) groups excluding carboxylic acids is 1. The number of nitrogens with two attached hydrogens (primary N) is 1. The van der Waals surface area contributed by atoms with Gasteiger partial charge >= 0.3 is 5.69 Å². The Labute approximate surface area is 206 Å². The lowest BCUT2D eigenvalue weighted by molar-refractivity contribution is -0.116. The van der Waals surface area contributed by atoms with E-state index in [0.717, 1.165) is 19.3 Å². The van der Waals surface area contributed by atoms with Crippen LogP contribution in [0.2, 0.25) is 0 Å². The number of para-hydroxylation sites is 1. The van der Waals surface area contributed by atoms with Gasteiger partial charge in [0.25, 0.3) is 11.1 Å². The minimum absolute atomic E-state index is 0.0110. The number of hydrogen-bond donors (Lipinski definition) is 2. The Hall–Kier alpha value is -3.34. The Morgan fingerprint density at radius 1 is 1.20 bits per heavy atom. The van der Waals surface area contributed by atoms with Crippen LogP contribution < -0.4 is 27.4 Å². The third-order valence-corrected chi connectivity index (χ3v) is 6.92. The smallest absolute Gasteiger partial charge is 0.330 e. The molecule has 35 heavy (non-hydrogen) atoms. The number of rotatable bonds is 10. The number of H-pyrrole nitrogens is 1. The molecule has 1 fully saturated rings. The molecule has 0 bridgehead atoms. The maximum atomic E-state index is 13.4. The second-order valence-electron chi connectivity index (χ2n) is 8.65. The third-order valence-electron chi connectivity index (χ3n) is 5.98. The van der Waals surface area contributed by atoms with Gasteiger partial charge in [-0.15, -0.1) is 0 Å². The van der Waals surface area contributed by atoms with Gasteiger partial charge in [-0.3, -0.25) is 28.5 Å². The van der Waals surface area contributed by atoms with Crippen LogP contribution >= 0.6 is 11.8 Å². The zero-order valence-electron chi connectivity index (χ0n) is 20.0. The lowest BCUT2D eigenvalue weighted by atomic mass is 10.2. The van der Waals surface area contributed by atoms with Crippen molar-refractivity contribution in [1.82, 2.24) is 19.1 Å². The molecule has 186 valence electrons. The predicted octanol–water partition coefficient (Wildman–Crippen LogP) is 2.50. The Bertz CT molecular complexity index is 1420. The van der Waals surface area contributed by atoms with Gasteiger partial charge in [0.2, 0.25) is 5.91 Å². The van der Waals surface area contributed by atoms with Crippen molar-refractivity contribution >= 4 is 40.1 Å². The van der Waals surface area contributed by atoms with Gasteiger partial charge in [0.05, 0.1) is 16.7 Å². The van der Waals surface area contributed by atoms with Crippen LogP contribution in [0.1, 0.15) is 52.0 Å². The lowest BCUT2D eigenvalue weighted by Gasteiger charge is -2.24. The summed E-state index contributed by atoms with van der Waals surface area (Å²) in [5.74, 6) is -0.395. The van der Waals surface area contributed by atoms with E-state index < -0.39 is 11.2 Å². The summed E-state index contributed by atoms with van der Waals surface area (Å²) >= 11 is 1.18. The number of thioether (sulfide) groups is 1. The summed E-state index contributed by atoms with van der Waals surface area (Å²) in [6, 6.07) is 7.26. The van der Waals surface area contributed by atoms with Crippen LogP contribution in [0.5, 0.6) is 0 Å². The fourth-order valence-electron chi connectivity index (χ4n) is 4.05. The van der Waals surface area contributed by atoms with Gasteiger partial charge in [-0.05, 0) is 37.8 Å². The van der Waals surface area contributed by atoms with Gasteiger partial charge in [0.1, 0.15) is 5.82 Å². The topological polar surface area (TPSA) is 136 Å². The van der Waals surface area contributed by atoms with Crippen molar-refractivity contribution in [2.45, 2.75) is 63.7 Å². The molecule has 1 aliphatic rings. The van der Waals surface area contributed by atoms with E-state index in [-0.39, 0.29) is 41.3 Å². The quantitative estimate of drug-likeness (QED) is 0.324. The summed E-state index contributed by atoms with van der Waals surface area (Å²) in [7, 11) is 0. The van der Waals surface area contributed by atoms with Crippen molar-refractivity contribution in [3.63, 3.8) is 0 Å². The standard InChI is InChI=1S/C24H30N6O4S/c1-3-5-13-28(19-20(25)29(12-4-2)23(34)27-21(19)32)18(31)14-35-24-26-17-9-7-6-8-16(17)22(33)30(24)15-10-11-15/h6-9,15H,3-5,10-14,25H2,1-2H3,(H,27,32,34). The van der Waals surface area contributed by atoms with E-state index >= 15 is 0 Å². The molecule has 10 nitrogen and oxygen atoms in total. The summed E-state index contributed by atoms with van der Waals surface area (Å²) in [6.45, 7) is 4.49. The monoisotopic (exact) mass is 498 g/mol. The summed E-state index contributed by atoms with van der Waals surface area (Å²) in [5.41, 5.74) is 5.41. The fraction of sp³-hybridized carbons (Fsp3) is 0.458. The van der Waals surface area contributed by atoms with Crippen molar-refractivity contribution in [3.05, 3.63) is 55.5 Å². The molecule has 2 heterocycles. The SMILES string of the molecule is CCCCN(C(=O)CSc1nc2ccccc2c(=O)n1C1CC1)c1c(N)n(CCC)c(=O)[nH]c1=O. The highest BCUT2D eigenvalue weighted by Gasteiger charge is 2.30. The number of unbranched alkanes of at least 4 members (excludes halogenated alkanes) is 1. The first kappa shape index (κ1) is 24.8. The summed E-state index contributed by atoms with van der Waals surface area (Å²) < 4.78 is 2.96. The maximum absolute atomic E-state index is 13.4. The molecule has 1 aliphatic carbocycles. The summed E-state index contributed by atoms with van der Waals surface area (Å²) in [4.78, 5) is 59.8. The molecule has 0 spiro atoms. The fourth-order valence-corrected chi connectivity index (χ4v) is 4.99. The van der Waals surface area contributed by atoms with Crippen LogP contribution in [0.15, 0.2) is 43.8 Å². The van der Waals surface area contributed by atoms with Crippen LogP contribution in [0, 0.1) is 0 Å². The van der Waals surface area contributed by atoms with Crippen LogP contribution in [0.4, 0.5) is 11.5 Å². The molecule has 3 N–H and O–H groups in total. The van der Waals surface area contributed by atoms with Gasteiger partial charge in [-0.25, -0.2) is 9.78 Å². The van der Waals surface area contributed by atoms with E-state index in [1.54, 1.807) is 16.7 Å². The molecular weight excluding hydrogens is 468 g/mol. The molecule has 3 aromatic rings. The number of nitrogen functional groups attached to an aromatic ring is 1. The minimum atomic E-state index is -0.687. The Morgan fingerprint density at radius 3 is 2.63 bits per heavy atom. The predicted molar refractivity (Wildman–Crippen MR) is 138 cm³/mol. The number of aromatic amines is 1. The number of amides is 1. The molecule has 11 heteroatoms. The normalized spacial score (nSPS) is 13.3. The van der Waals surface area contributed by atoms with Gasteiger partial charge in [-0.2, -0.15) is 0 Å². The molecule has 0 radical (unpaired) electrons. The van der Waals surface area contributed by atoms with Crippen molar-refractivity contribution in [1.29, 1.82) is 0 Å². The number of benzene rings is 1. The minimum Gasteiger partial charge on any atom is -0.383 e. The largest absolute Gasteiger partial charge is 0.383 e. The zero-order chi connectivity index (χ0) is 25.1. The van der Waals surface area contributed by atoms with Crippen LogP contribution in [-0.2, 0) is 11.3 Å². The number of aromatic nitrogens is 4. The first-order valence-corrected chi connectivity index (χ1v) is 12.9. The first-order chi connectivity index (χ1) is 16.9. The highest BCUT2D eigenvalue weighted by Crippen LogP contribution is 2.37. The van der Waals surface area contributed by atoms with E-state index in [2.05, 4.69) is 9.97 Å². The number of anilines is 2. The zero-order valence-corrected chi connectivity index (χ0v) is 20.8. The molecule has 1 amide bonds. The number of nitrogens with zero attached hydrogens (tertiary/aromatic N) is 4. The molecule has 4 rings (SSSR count). The third kappa shape index (κ3) is 5.04. The van der Waals surface area contributed by atoms with Crippen molar-refractivity contribution in [2.75, 3.05) is 22.9 Å². The van der Waals surface area contributed by atoms with Crippen LogP contribution in [0.25, 0.3) is 10.9 Å². The second-order valence-corrected chi connectivity index (χ2v) is 9.59. The van der Waals surface area contributed by atoms with Gasteiger partial charge < -0.3 is 10.6 Å². The number of nitrogens with one attached hydrogen (secondary N) is 1. The van der Waals surface area contributed by atoms with Crippen LogP contribution in [-0.4, -0.2) is 37.3 Å². The van der Waals surface area contributed by atoms with E-state index in [9.17, 15) is 19.2 Å². The van der Waals surface area contributed by atoms with Crippen LogP contribution in [0.3, 0.4) is 0 Å². The second kappa shape index (κ2) is 10.5. The summed E-state index contributed by atoms with van der Waals surface area (Å²) in [6.07, 6.45) is 3.89. The molecule has 1 aromatic carbocycles. The molecule has 0 atom stereocenters. The molecule has 1 saturated carbocycles. The molecule has 0 aliphatic heterocycles. The van der Waals surface area contributed by atoms with E-state index in [0.29, 0.717) is 35.4 Å². The number of hydrogen-bond acceptors (Lipinski definition) is 7. The highest BCUT2D eigenvalue weighted by molar-refractivity contribution is 7.99. The molecule has 0 unspecified atom stereocenters. The van der Waals surface area contributed by atoms with Crippen molar-refractivity contribution in [2.24, 2.45) is 0 Å². The van der Waals surface area contributed by atoms with Crippen molar-refractivity contribution in [3.8, 4) is 0 Å². The van der Waals surface area contributed by atoms with E-state index in [1.165, 1.54) is 21.2 Å². The van der Waals surface area contributed by atoms with Gasteiger partial charge in [0.15, 0.2) is 10.8 Å². The Balaban J connectivity index is 1.68. The highest BCUT2D eigenvalue weighted by atomic mass is 32.2. The first-order valence-electron chi connectivity index (χ1n) is 11.9. The summed E-state index contributed by atoms with van der Waals surface area (Å²) in [5, 5.41) is 1.04. The maximum Gasteiger partial charge on any atom is 0.330 e.